The molecule has 0 bridgehead atoms. The van der Waals surface area contributed by atoms with Gasteiger partial charge in [-0.3, -0.25) is 9.78 Å². The number of nitrogens with zero attached hydrogens (tertiary/aromatic N) is 2. The van der Waals surface area contributed by atoms with Crippen molar-refractivity contribution in [3.05, 3.63) is 22.6 Å². The third kappa shape index (κ3) is 1.93. The van der Waals surface area contributed by atoms with Gasteiger partial charge in [0.25, 0.3) is 5.56 Å². The van der Waals surface area contributed by atoms with E-state index in [0.717, 1.165) is 0 Å². The monoisotopic (exact) mass is 312 g/mol. The third-order valence-corrected chi connectivity index (χ3v) is 3.79. The molecule has 1 aliphatic rings. The second-order valence-electron chi connectivity index (χ2n) is 5.02. The van der Waals surface area contributed by atoms with Crippen molar-refractivity contribution in [1.82, 2.24) is 14.5 Å². The molecule has 10 heteroatoms. The van der Waals surface area contributed by atoms with E-state index in [1.165, 1.54) is 23.9 Å². The standard InChI is InChI=1S/C12H16N4O6/c1-21-12(20)7(18)6(4-17)22-10(12)16-3-2-5-8(16)14-11(13)15-9(5)19/h2-3,6-7,10,17-18,20H,4H2,1H3,(H3,13,14,15,19)/t6-,7-,10?,12+/m1/s1. The molecule has 0 saturated carbocycles. The molecule has 120 valence electrons. The number of hydrogen-bond acceptors (Lipinski definition) is 8. The summed E-state index contributed by atoms with van der Waals surface area (Å²) in [5.41, 5.74) is 5.24. The number of aromatic nitrogens is 3. The minimum atomic E-state index is -2.11. The summed E-state index contributed by atoms with van der Waals surface area (Å²) < 4.78 is 11.8. The molecule has 0 aromatic carbocycles. The lowest BCUT2D eigenvalue weighted by atomic mass is 10.1. The van der Waals surface area contributed by atoms with E-state index in [-0.39, 0.29) is 17.0 Å². The molecular weight excluding hydrogens is 296 g/mol. The first-order valence-electron chi connectivity index (χ1n) is 6.50. The number of hydrogen-bond donors (Lipinski definition) is 5. The SMILES string of the molecule is CO[C@]1(O)C(n2ccc3c(=O)[nH]c(N)nc32)O[C@H](CO)[C@H]1O. The molecule has 1 unspecified atom stereocenters. The van der Waals surface area contributed by atoms with Gasteiger partial charge in [0, 0.05) is 13.3 Å². The van der Waals surface area contributed by atoms with Crippen LogP contribution in [0.3, 0.4) is 0 Å². The van der Waals surface area contributed by atoms with E-state index in [1.807, 2.05) is 0 Å². The molecule has 2 aromatic rings. The lowest BCUT2D eigenvalue weighted by Gasteiger charge is -2.30. The number of nitrogens with one attached hydrogen (secondary N) is 1. The van der Waals surface area contributed by atoms with Gasteiger partial charge in [0.05, 0.1) is 12.0 Å². The Bertz CT molecular complexity index is 758. The molecular formula is C12H16N4O6. The Morgan fingerprint density at radius 1 is 1.64 bits per heavy atom. The lowest BCUT2D eigenvalue weighted by Crippen LogP contribution is -2.48. The van der Waals surface area contributed by atoms with Crippen molar-refractivity contribution < 1.29 is 24.8 Å². The summed E-state index contributed by atoms with van der Waals surface area (Å²) in [4.78, 5) is 18.2. The minimum absolute atomic E-state index is 0.101. The van der Waals surface area contributed by atoms with Crippen molar-refractivity contribution >= 4 is 17.0 Å². The summed E-state index contributed by atoms with van der Waals surface area (Å²) in [6.45, 7) is -0.515. The lowest BCUT2D eigenvalue weighted by molar-refractivity contribution is -0.264. The van der Waals surface area contributed by atoms with Crippen molar-refractivity contribution in [3.63, 3.8) is 0 Å². The Balaban J connectivity index is 2.16. The molecule has 2 aromatic heterocycles. The van der Waals surface area contributed by atoms with Crippen LogP contribution in [0.2, 0.25) is 0 Å². The average molecular weight is 312 g/mol. The van der Waals surface area contributed by atoms with Gasteiger partial charge >= 0.3 is 0 Å². The number of rotatable bonds is 3. The first-order valence-corrected chi connectivity index (χ1v) is 6.50. The number of aliphatic hydroxyl groups excluding tert-OH is 2. The van der Waals surface area contributed by atoms with E-state index in [1.54, 1.807) is 0 Å². The van der Waals surface area contributed by atoms with Gasteiger partial charge in [-0.25, -0.2) is 0 Å². The van der Waals surface area contributed by atoms with E-state index in [4.69, 9.17) is 15.2 Å². The van der Waals surface area contributed by atoms with Gasteiger partial charge in [-0.15, -0.1) is 0 Å². The molecule has 3 rings (SSSR count). The highest BCUT2D eigenvalue weighted by atomic mass is 16.7. The summed E-state index contributed by atoms with van der Waals surface area (Å²) in [5.74, 6) is -2.21. The second kappa shape index (κ2) is 5.04. The molecule has 1 fully saturated rings. The number of ether oxygens (including phenoxy) is 2. The van der Waals surface area contributed by atoms with Crippen molar-refractivity contribution in [1.29, 1.82) is 0 Å². The highest BCUT2D eigenvalue weighted by Crippen LogP contribution is 2.40. The zero-order valence-corrected chi connectivity index (χ0v) is 11.6. The summed E-state index contributed by atoms with van der Waals surface area (Å²) in [6.07, 6.45) is -2.29. The van der Waals surface area contributed by atoms with Gasteiger partial charge in [0.15, 0.2) is 11.9 Å². The number of methoxy groups -OCH3 is 1. The van der Waals surface area contributed by atoms with Gasteiger partial charge in [0.1, 0.15) is 12.2 Å². The minimum Gasteiger partial charge on any atom is -0.394 e. The molecule has 0 aliphatic carbocycles. The zero-order valence-electron chi connectivity index (χ0n) is 11.6. The Kier molecular flexibility index (Phi) is 3.42. The summed E-state index contributed by atoms with van der Waals surface area (Å²) >= 11 is 0. The number of nitrogens with two attached hydrogens (primary N) is 1. The molecule has 1 saturated heterocycles. The number of fused-ring (bicyclic) bond motifs is 1. The van der Waals surface area contributed by atoms with E-state index in [9.17, 15) is 20.1 Å². The van der Waals surface area contributed by atoms with Crippen molar-refractivity contribution in [3.8, 4) is 0 Å². The van der Waals surface area contributed by atoms with Crippen LogP contribution in [0.15, 0.2) is 17.1 Å². The van der Waals surface area contributed by atoms with Crippen LogP contribution >= 0.6 is 0 Å². The fourth-order valence-electron chi connectivity index (χ4n) is 2.63. The van der Waals surface area contributed by atoms with Gasteiger partial charge in [0.2, 0.25) is 11.7 Å². The average Bonchev–Trinajstić information content (AvgIpc) is 3.00. The summed E-state index contributed by atoms with van der Waals surface area (Å²) in [7, 11) is 1.19. The van der Waals surface area contributed by atoms with E-state index < -0.39 is 36.4 Å². The number of anilines is 1. The van der Waals surface area contributed by atoms with Crippen LogP contribution in [0, 0.1) is 0 Å². The zero-order chi connectivity index (χ0) is 16.1. The van der Waals surface area contributed by atoms with Crippen LogP contribution in [-0.4, -0.2) is 61.6 Å². The maximum atomic E-state index is 11.8. The predicted octanol–water partition coefficient (Wildman–Crippen LogP) is -2.11. The van der Waals surface area contributed by atoms with Crippen molar-refractivity contribution in [2.45, 2.75) is 24.2 Å². The topological polar surface area (TPSA) is 156 Å². The first kappa shape index (κ1) is 14.9. The van der Waals surface area contributed by atoms with Gasteiger partial charge in [-0.1, -0.05) is 0 Å². The predicted molar refractivity (Wildman–Crippen MR) is 73.7 cm³/mol. The highest BCUT2D eigenvalue weighted by Gasteiger charge is 2.57. The van der Waals surface area contributed by atoms with Gasteiger partial charge in [-0.05, 0) is 6.07 Å². The Morgan fingerprint density at radius 3 is 3.00 bits per heavy atom. The van der Waals surface area contributed by atoms with E-state index in [2.05, 4.69) is 9.97 Å². The van der Waals surface area contributed by atoms with Gasteiger partial charge in [-0.2, -0.15) is 4.98 Å². The molecule has 0 amide bonds. The highest BCUT2D eigenvalue weighted by molar-refractivity contribution is 5.76. The summed E-state index contributed by atoms with van der Waals surface area (Å²) in [6, 6.07) is 1.47. The Morgan fingerprint density at radius 2 is 2.36 bits per heavy atom. The number of aliphatic hydroxyl groups is 3. The smallest absolute Gasteiger partial charge is 0.261 e. The molecule has 4 atom stereocenters. The molecule has 22 heavy (non-hydrogen) atoms. The Hall–Kier alpha value is -1.98. The quantitative estimate of drug-likeness (QED) is 0.403. The third-order valence-electron chi connectivity index (χ3n) is 3.79. The largest absolute Gasteiger partial charge is 0.394 e. The van der Waals surface area contributed by atoms with Crippen LogP contribution in [0.1, 0.15) is 6.23 Å². The molecule has 6 N–H and O–H groups in total. The van der Waals surface area contributed by atoms with Crippen LogP contribution < -0.4 is 11.3 Å². The molecule has 3 heterocycles. The molecule has 10 nitrogen and oxygen atoms in total. The van der Waals surface area contributed by atoms with E-state index >= 15 is 0 Å². The second-order valence-corrected chi connectivity index (χ2v) is 5.02. The fraction of sp³-hybridized carbons (Fsp3) is 0.500. The van der Waals surface area contributed by atoms with Crippen LogP contribution in [0.4, 0.5) is 5.95 Å². The maximum Gasteiger partial charge on any atom is 0.261 e. The number of H-pyrrole nitrogens is 1. The van der Waals surface area contributed by atoms with Crippen LogP contribution in [-0.2, 0) is 9.47 Å². The molecule has 0 radical (unpaired) electrons. The van der Waals surface area contributed by atoms with Crippen molar-refractivity contribution in [2.24, 2.45) is 0 Å². The summed E-state index contributed by atoms with van der Waals surface area (Å²) in [5, 5.41) is 30.1. The first-order chi connectivity index (χ1) is 10.4. The van der Waals surface area contributed by atoms with Crippen molar-refractivity contribution in [2.75, 3.05) is 19.5 Å². The van der Waals surface area contributed by atoms with Gasteiger partial charge < -0.3 is 35.1 Å². The number of nitrogen functional groups attached to an aromatic ring is 1. The number of aromatic amines is 1. The van der Waals surface area contributed by atoms with Crippen LogP contribution in [0.25, 0.3) is 11.0 Å². The fourth-order valence-corrected chi connectivity index (χ4v) is 2.63. The van der Waals surface area contributed by atoms with Crippen LogP contribution in [0.5, 0.6) is 0 Å². The Labute approximate surface area is 123 Å². The van der Waals surface area contributed by atoms with E-state index in [0.29, 0.717) is 0 Å². The normalized spacial score (nSPS) is 31.9. The molecule has 1 aliphatic heterocycles. The maximum absolute atomic E-state index is 11.8. The molecule has 0 spiro atoms.